The third-order valence-corrected chi connectivity index (χ3v) is 2.94. The van der Waals surface area contributed by atoms with Gasteiger partial charge >= 0.3 is 0 Å². The average Bonchev–Trinajstić information content (AvgIpc) is 2.35. The van der Waals surface area contributed by atoms with Crippen LogP contribution in [0, 0.1) is 5.92 Å². The molecule has 0 heterocycles. The molecule has 88 valence electrons. The molecule has 0 saturated carbocycles. The number of hydrogen-bond acceptors (Lipinski definition) is 1. The van der Waals surface area contributed by atoms with E-state index in [4.69, 9.17) is 0 Å². The molecule has 0 radical (unpaired) electrons. The zero-order valence-corrected chi connectivity index (χ0v) is 10.4. The Kier molecular flexibility index (Phi) is 5.03. The van der Waals surface area contributed by atoms with E-state index < -0.39 is 0 Å². The molecular formula is C14H21NO. The molecule has 0 bridgehead atoms. The Hall–Kier alpha value is -1.31. The predicted octanol–water partition coefficient (Wildman–Crippen LogP) is 3.08. The van der Waals surface area contributed by atoms with Gasteiger partial charge in [-0.15, -0.1) is 0 Å². The standard InChI is InChI=1S/C14H21NO/c1-4-12(3)14(16)15(5-2)11-13-9-7-6-8-10-13/h6-10,12H,4-5,11H2,1-3H3. The number of carbonyl (C=O) groups is 1. The average molecular weight is 219 g/mol. The van der Waals surface area contributed by atoms with Crippen molar-refractivity contribution in [2.24, 2.45) is 5.92 Å². The lowest BCUT2D eigenvalue weighted by molar-refractivity contribution is -0.135. The fraction of sp³-hybridized carbons (Fsp3) is 0.500. The topological polar surface area (TPSA) is 20.3 Å². The summed E-state index contributed by atoms with van der Waals surface area (Å²) in [4.78, 5) is 14.0. The SMILES string of the molecule is CCC(C)C(=O)N(CC)Cc1ccccc1. The Bertz CT molecular complexity index is 321. The van der Waals surface area contributed by atoms with E-state index in [0.717, 1.165) is 19.5 Å². The second-order valence-electron chi connectivity index (χ2n) is 4.15. The van der Waals surface area contributed by atoms with Gasteiger partial charge in [-0.1, -0.05) is 44.2 Å². The summed E-state index contributed by atoms with van der Waals surface area (Å²) in [5, 5.41) is 0. The van der Waals surface area contributed by atoms with Gasteiger partial charge in [-0.05, 0) is 18.9 Å². The number of benzene rings is 1. The third kappa shape index (κ3) is 3.37. The molecule has 0 aromatic heterocycles. The first-order valence-corrected chi connectivity index (χ1v) is 6.01. The minimum atomic E-state index is 0.128. The van der Waals surface area contributed by atoms with E-state index in [0.29, 0.717) is 0 Å². The summed E-state index contributed by atoms with van der Waals surface area (Å²) < 4.78 is 0. The Labute approximate surface area is 98.3 Å². The highest BCUT2D eigenvalue weighted by atomic mass is 16.2. The lowest BCUT2D eigenvalue weighted by Crippen LogP contribution is -2.34. The molecular weight excluding hydrogens is 198 g/mol. The Morgan fingerprint density at radius 1 is 1.25 bits per heavy atom. The van der Waals surface area contributed by atoms with Crippen LogP contribution in [0.25, 0.3) is 0 Å². The Morgan fingerprint density at radius 2 is 1.88 bits per heavy atom. The van der Waals surface area contributed by atoms with Crippen LogP contribution in [0.3, 0.4) is 0 Å². The van der Waals surface area contributed by atoms with Crippen LogP contribution in [0.1, 0.15) is 32.8 Å². The molecule has 0 fully saturated rings. The summed E-state index contributed by atoms with van der Waals surface area (Å²) in [5.41, 5.74) is 1.20. The first-order chi connectivity index (χ1) is 7.69. The van der Waals surface area contributed by atoms with E-state index in [1.165, 1.54) is 5.56 Å². The van der Waals surface area contributed by atoms with Crippen molar-refractivity contribution >= 4 is 5.91 Å². The van der Waals surface area contributed by atoms with Gasteiger partial charge in [-0.3, -0.25) is 4.79 Å². The van der Waals surface area contributed by atoms with Crippen molar-refractivity contribution in [1.82, 2.24) is 4.90 Å². The molecule has 1 aromatic carbocycles. The summed E-state index contributed by atoms with van der Waals surface area (Å²) in [6, 6.07) is 10.1. The van der Waals surface area contributed by atoms with Crippen LogP contribution in [-0.2, 0) is 11.3 Å². The smallest absolute Gasteiger partial charge is 0.225 e. The molecule has 0 N–H and O–H groups in total. The maximum atomic E-state index is 12.0. The molecule has 0 aliphatic heterocycles. The number of rotatable bonds is 5. The van der Waals surface area contributed by atoms with Gasteiger partial charge in [0, 0.05) is 19.0 Å². The zero-order chi connectivity index (χ0) is 12.0. The molecule has 16 heavy (non-hydrogen) atoms. The summed E-state index contributed by atoms with van der Waals surface area (Å²) in [7, 11) is 0. The number of amides is 1. The van der Waals surface area contributed by atoms with Crippen molar-refractivity contribution in [1.29, 1.82) is 0 Å². The van der Waals surface area contributed by atoms with Gasteiger partial charge in [0.05, 0.1) is 0 Å². The molecule has 1 unspecified atom stereocenters. The lowest BCUT2D eigenvalue weighted by atomic mass is 10.1. The lowest BCUT2D eigenvalue weighted by Gasteiger charge is -2.24. The predicted molar refractivity (Wildman–Crippen MR) is 67.0 cm³/mol. The summed E-state index contributed by atoms with van der Waals surface area (Å²) in [6.07, 6.45) is 0.907. The Balaban J connectivity index is 2.66. The van der Waals surface area contributed by atoms with Gasteiger partial charge < -0.3 is 4.90 Å². The van der Waals surface area contributed by atoms with Crippen LogP contribution >= 0.6 is 0 Å². The third-order valence-electron chi connectivity index (χ3n) is 2.94. The van der Waals surface area contributed by atoms with Crippen LogP contribution in [0.4, 0.5) is 0 Å². The van der Waals surface area contributed by atoms with E-state index in [1.54, 1.807) is 0 Å². The fourth-order valence-corrected chi connectivity index (χ4v) is 1.64. The largest absolute Gasteiger partial charge is 0.338 e. The van der Waals surface area contributed by atoms with Gasteiger partial charge in [-0.25, -0.2) is 0 Å². The number of hydrogen-bond donors (Lipinski definition) is 0. The van der Waals surface area contributed by atoms with Crippen molar-refractivity contribution in [2.75, 3.05) is 6.54 Å². The van der Waals surface area contributed by atoms with Crippen LogP contribution < -0.4 is 0 Å². The highest BCUT2D eigenvalue weighted by Crippen LogP contribution is 2.10. The van der Waals surface area contributed by atoms with E-state index in [9.17, 15) is 4.79 Å². The summed E-state index contributed by atoms with van der Waals surface area (Å²) in [6.45, 7) is 7.58. The van der Waals surface area contributed by atoms with Gasteiger partial charge in [0.15, 0.2) is 0 Å². The van der Waals surface area contributed by atoms with Crippen molar-refractivity contribution in [3.8, 4) is 0 Å². The van der Waals surface area contributed by atoms with Crippen molar-refractivity contribution in [2.45, 2.75) is 33.7 Å². The molecule has 1 rings (SSSR count). The molecule has 0 aliphatic rings. The van der Waals surface area contributed by atoms with E-state index in [2.05, 4.69) is 19.1 Å². The molecule has 0 aliphatic carbocycles. The quantitative estimate of drug-likeness (QED) is 0.745. The number of carbonyl (C=O) groups excluding carboxylic acids is 1. The van der Waals surface area contributed by atoms with Crippen molar-refractivity contribution in [3.05, 3.63) is 35.9 Å². The molecule has 1 atom stereocenters. The van der Waals surface area contributed by atoms with Gasteiger partial charge in [0.2, 0.25) is 5.91 Å². The molecule has 2 nitrogen and oxygen atoms in total. The maximum absolute atomic E-state index is 12.0. The monoisotopic (exact) mass is 219 g/mol. The first kappa shape index (κ1) is 12.8. The summed E-state index contributed by atoms with van der Waals surface area (Å²) >= 11 is 0. The Morgan fingerprint density at radius 3 is 2.38 bits per heavy atom. The first-order valence-electron chi connectivity index (χ1n) is 6.01. The maximum Gasteiger partial charge on any atom is 0.225 e. The molecule has 1 aromatic rings. The van der Waals surface area contributed by atoms with Gasteiger partial charge in [0.1, 0.15) is 0 Å². The van der Waals surface area contributed by atoms with E-state index in [1.807, 2.05) is 36.9 Å². The second-order valence-corrected chi connectivity index (χ2v) is 4.15. The molecule has 0 spiro atoms. The highest BCUT2D eigenvalue weighted by Gasteiger charge is 2.17. The van der Waals surface area contributed by atoms with E-state index >= 15 is 0 Å². The highest BCUT2D eigenvalue weighted by molar-refractivity contribution is 5.78. The van der Waals surface area contributed by atoms with Crippen LogP contribution in [0.2, 0.25) is 0 Å². The second kappa shape index (κ2) is 6.31. The minimum Gasteiger partial charge on any atom is -0.338 e. The van der Waals surface area contributed by atoms with Gasteiger partial charge in [-0.2, -0.15) is 0 Å². The van der Waals surface area contributed by atoms with Gasteiger partial charge in [0.25, 0.3) is 0 Å². The van der Waals surface area contributed by atoms with Crippen LogP contribution in [0.15, 0.2) is 30.3 Å². The van der Waals surface area contributed by atoms with Crippen molar-refractivity contribution < 1.29 is 4.79 Å². The molecule has 0 saturated heterocycles. The van der Waals surface area contributed by atoms with Crippen LogP contribution in [0.5, 0.6) is 0 Å². The fourth-order valence-electron chi connectivity index (χ4n) is 1.64. The minimum absolute atomic E-state index is 0.128. The normalized spacial score (nSPS) is 12.2. The van der Waals surface area contributed by atoms with Crippen LogP contribution in [-0.4, -0.2) is 17.4 Å². The zero-order valence-electron chi connectivity index (χ0n) is 10.4. The molecule has 2 heteroatoms. The number of nitrogens with zero attached hydrogens (tertiary/aromatic N) is 1. The van der Waals surface area contributed by atoms with Crippen molar-refractivity contribution in [3.63, 3.8) is 0 Å². The summed E-state index contributed by atoms with van der Waals surface area (Å²) in [5.74, 6) is 0.387. The van der Waals surface area contributed by atoms with E-state index in [-0.39, 0.29) is 11.8 Å². The molecule has 1 amide bonds.